The molecule has 6 nitrogen and oxygen atoms in total. The van der Waals surface area contributed by atoms with Crippen molar-refractivity contribution in [3.05, 3.63) is 155 Å². The predicted octanol–water partition coefficient (Wildman–Crippen LogP) is 7.99. The second kappa shape index (κ2) is 14.5. The Morgan fingerprint density at radius 1 is 0.571 bits per heavy atom. The van der Waals surface area contributed by atoms with Gasteiger partial charge in [0.2, 0.25) is 0 Å². The lowest BCUT2D eigenvalue weighted by atomic mass is 10.1. The smallest absolute Gasteiger partial charge is 0.138 e. The maximum atomic E-state index is 5.97. The van der Waals surface area contributed by atoms with Crippen molar-refractivity contribution in [3.63, 3.8) is 0 Å². The maximum Gasteiger partial charge on any atom is 0.138 e. The summed E-state index contributed by atoms with van der Waals surface area (Å²) in [5.74, 6) is 1.41. The molecule has 5 aromatic rings. The summed E-state index contributed by atoms with van der Waals surface area (Å²) in [5.41, 5.74) is 6.03. The molecule has 3 aromatic carbocycles. The van der Waals surface area contributed by atoms with Crippen LogP contribution in [0.1, 0.15) is 59.6 Å². The zero-order valence-electron chi connectivity index (χ0n) is 23.9. The Morgan fingerprint density at radius 2 is 1.02 bits per heavy atom. The summed E-state index contributed by atoms with van der Waals surface area (Å²) < 4.78 is 11.9. The molecule has 0 bridgehead atoms. The fourth-order valence-corrected chi connectivity index (χ4v) is 4.26. The minimum atomic E-state index is 0.0735. The van der Waals surface area contributed by atoms with Gasteiger partial charge in [-0.25, -0.2) is 0 Å². The van der Waals surface area contributed by atoms with Gasteiger partial charge in [0.15, 0.2) is 0 Å². The highest BCUT2D eigenvalue weighted by Gasteiger charge is 2.04. The molecule has 2 unspecified atom stereocenters. The second-order valence-electron chi connectivity index (χ2n) is 9.96. The van der Waals surface area contributed by atoms with Crippen LogP contribution in [0.5, 0.6) is 11.5 Å². The van der Waals surface area contributed by atoms with Gasteiger partial charge in [-0.15, -0.1) is 0 Å². The van der Waals surface area contributed by atoms with Crippen molar-refractivity contribution in [2.45, 2.75) is 39.1 Å². The van der Waals surface area contributed by atoms with Gasteiger partial charge in [0, 0.05) is 12.4 Å². The minimum absolute atomic E-state index is 0.0735. The number of hydrogen-bond donors (Lipinski definition) is 0. The summed E-state index contributed by atoms with van der Waals surface area (Å²) in [6.45, 7) is 5.01. The van der Waals surface area contributed by atoms with E-state index >= 15 is 0 Å². The highest BCUT2D eigenvalue weighted by atomic mass is 16.5. The first kappa shape index (κ1) is 28.4. The highest BCUT2D eigenvalue weighted by molar-refractivity contribution is 5.77. The van der Waals surface area contributed by atoms with Crippen molar-refractivity contribution in [3.8, 4) is 11.5 Å². The van der Waals surface area contributed by atoms with Gasteiger partial charge in [-0.2, -0.15) is 0 Å². The number of pyridine rings is 2. The fraction of sp³-hybridized carbons (Fsp3) is 0.167. The molecule has 2 atom stereocenters. The van der Waals surface area contributed by atoms with Crippen molar-refractivity contribution in [1.82, 2.24) is 9.97 Å². The van der Waals surface area contributed by atoms with Crippen molar-refractivity contribution >= 4 is 12.4 Å². The Kier molecular flexibility index (Phi) is 9.82. The third-order valence-corrected chi connectivity index (χ3v) is 6.75. The summed E-state index contributed by atoms with van der Waals surface area (Å²) in [7, 11) is 0. The SMILES string of the molecule is CC(N=Cc1ccc(OCc2cccc(COc3ccc(C=NC(C)c4ccccc4)nc3)c2)cn1)c1ccccc1. The topological polar surface area (TPSA) is 69.0 Å². The van der Waals surface area contributed by atoms with Crippen LogP contribution < -0.4 is 9.47 Å². The van der Waals surface area contributed by atoms with Gasteiger partial charge in [-0.3, -0.25) is 20.0 Å². The average Bonchev–Trinajstić information content (AvgIpc) is 3.06. The van der Waals surface area contributed by atoms with Crippen molar-refractivity contribution in [2.75, 3.05) is 0 Å². The van der Waals surface area contributed by atoms with E-state index in [4.69, 9.17) is 9.47 Å². The highest BCUT2D eigenvalue weighted by Crippen LogP contribution is 2.18. The zero-order valence-corrected chi connectivity index (χ0v) is 23.9. The van der Waals surface area contributed by atoms with E-state index in [1.807, 2.05) is 78.9 Å². The van der Waals surface area contributed by atoms with Crippen LogP contribution in [0.15, 0.2) is 132 Å². The molecule has 0 saturated heterocycles. The summed E-state index contributed by atoms with van der Waals surface area (Å²) in [6.07, 6.45) is 7.05. The molecule has 0 aliphatic rings. The Morgan fingerprint density at radius 3 is 1.43 bits per heavy atom. The van der Waals surface area contributed by atoms with E-state index in [-0.39, 0.29) is 12.1 Å². The molecule has 210 valence electrons. The Hall–Kier alpha value is -5.10. The molecule has 6 heteroatoms. The molecule has 0 radical (unpaired) electrons. The van der Waals surface area contributed by atoms with Crippen LogP contribution in [0.2, 0.25) is 0 Å². The number of aliphatic imine (C=N–C) groups is 2. The first-order valence-electron chi connectivity index (χ1n) is 14.0. The molecule has 0 aliphatic heterocycles. The first-order valence-corrected chi connectivity index (χ1v) is 14.0. The molecule has 5 rings (SSSR count). The maximum absolute atomic E-state index is 5.97. The lowest BCUT2D eigenvalue weighted by Gasteiger charge is -2.10. The van der Waals surface area contributed by atoms with Gasteiger partial charge in [0.05, 0.1) is 35.9 Å². The first-order chi connectivity index (χ1) is 20.6. The number of rotatable bonds is 12. The van der Waals surface area contributed by atoms with Gasteiger partial charge < -0.3 is 9.47 Å². The monoisotopic (exact) mass is 554 g/mol. The van der Waals surface area contributed by atoms with Crippen molar-refractivity contribution in [2.24, 2.45) is 9.98 Å². The van der Waals surface area contributed by atoms with E-state index in [0.717, 1.165) is 22.5 Å². The number of benzene rings is 3. The van der Waals surface area contributed by atoms with Gasteiger partial charge in [-0.1, -0.05) is 78.9 Å². The molecule has 0 aliphatic carbocycles. The summed E-state index contributed by atoms with van der Waals surface area (Å²) in [6, 6.07) is 36.4. The molecule has 0 fully saturated rings. The van der Waals surface area contributed by atoms with E-state index in [9.17, 15) is 0 Å². The number of aromatic nitrogens is 2. The molecular formula is C36H34N4O2. The van der Waals surface area contributed by atoms with Crippen LogP contribution in [-0.4, -0.2) is 22.4 Å². The van der Waals surface area contributed by atoms with E-state index in [0.29, 0.717) is 24.7 Å². The Labute approximate surface area is 247 Å². The summed E-state index contributed by atoms with van der Waals surface area (Å²) in [5, 5.41) is 0. The molecular weight excluding hydrogens is 520 g/mol. The molecule has 2 heterocycles. The van der Waals surface area contributed by atoms with E-state index in [1.54, 1.807) is 24.8 Å². The Balaban J connectivity index is 1.08. The fourth-order valence-electron chi connectivity index (χ4n) is 4.26. The van der Waals surface area contributed by atoms with Gasteiger partial charge in [0.1, 0.15) is 24.7 Å². The molecule has 0 saturated carbocycles. The molecule has 0 N–H and O–H groups in total. The number of hydrogen-bond acceptors (Lipinski definition) is 6. The van der Waals surface area contributed by atoms with Crippen molar-refractivity contribution in [1.29, 1.82) is 0 Å². The van der Waals surface area contributed by atoms with Crippen LogP contribution in [0.3, 0.4) is 0 Å². The van der Waals surface area contributed by atoms with Crippen LogP contribution in [0, 0.1) is 0 Å². The minimum Gasteiger partial charge on any atom is -0.487 e. The molecule has 0 amide bonds. The lowest BCUT2D eigenvalue weighted by Crippen LogP contribution is -2.00. The van der Waals surface area contributed by atoms with Gasteiger partial charge in [-0.05, 0) is 66.4 Å². The third kappa shape index (κ3) is 8.45. The second-order valence-corrected chi connectivity index (χ2v) is 9.96. The molecule has 0 spiro atoms. The summed E-state index contributed by atoms with van der Waals surface area (Å²) >= 11 is 0. The van der Waals surface area contributed by atoms with Crippen LogP contribution in [0.25, 0.3) is 0 Å². The summed E-state index contributed by atoms with van der Waals surface area (Å²) in [4.78, 5) is 18.2. The van der Waals surface area contributed by atoms with Crippen molar-refractivity contribution < 1.29 is 9.47 Å². The Bertz CT molecular complexity index is 1470. The normalized spacial score (nSPS) is 12.8. The number of nitrogens with zero attached hydrogens (tertiary/aromatic N) is 4. The van der Waals surface area contributed by atoms with Crippen LogP contribution >= 0.6 is 0 Å². The quantitative estimate of drug-likeness (QED) is 0.147. The van der Waals surface area contributed by atoms with E-state index < -0.39 is 0 Å². The molecule has 42 heavy (non-hydrogen) atoms. The van der Waals surface area contributed by atoms with Gasteiger partial charge >= 0.3 is 0 Å². The van der Waals surface area contributed by atoms with E-state index in [2.05, 4.69) is 64.1 Å². The van der Waals surface area contributed by atoms with Gasteiger partial charge in [0.25, 0.3) is 0 Å². The lowest BCUT2D eigenvalue weighted by molar-refractivity contribution is 0.298. The molecule has 2 aromatic heterocycles. The van der Waals surface area contributed by atoms with Crippen LogP contribution in [-0.2, 0) is 13.2 Å². The number of ether oxygens (including phenoxy) is 2. The van der Waals surface area contributed by atoms with E-state index in [1.165, 1.54) is 11.1 Å². The van der Waals surface area contributed by atoms with Crippen LogP contribution in [0.4, 0.5) is 0 Å². The predicted molar refractivity (Wildman–Crippen MR) is 168 cm³/mol. The standard InChI is InChI=1S/C36H34N4O2/c1-27(31-12-5-3-6-13-31)37-21-33-16-18-35(23-39-33)41-25-29-10-9-11-30(20-29)26-42-36-19-17-34(40-24-36)22-38-28(2)32-14-7-4-8-15-32/h3-24,27-28H,25-26H2,1-2H3. The zero-order chi connectivity index (χ0) is 29.0. The third-order valence-electron chi connectivity index (χ3n) is 6.75. The largest absolute Gasteiger partial charge is 0.487 e. The average molecular weight is 555 g/mol.